The Bertz CT molecular complexity index is 1050. The topological polar surface area (TPSA) is 98.0 Å². The van der Waals surface area contributed by atoms with Crippen LogP contribution >= 0.6 is 0 Å². The van der Waals surface area contributed by atoms with Gasteiger partial charge in [0.2, 0.25) is 10.0 Å². The molecule has 7 nitrogen and oxygen atoms in total. The number of nitrogens with one attached hydrogen (secondary N) is 1. The van der Waals surface area contributed by atoms with Gasteiger partial charge in [0.05, 0.1) is 4.90 Å². The van der Waals surface area contributed by atoms with Gasteiger partial charge >= 0.3 is 0 Å². The Morgan fingerprint density at radius 2 is 1.81 bits per heavy atom. The fourth-order valence-electron chi connectivity index (χ4n) is 2.84. The molecule has 0 saturated carbocycles. The molecule has 1 aliphatic heterocycles. The molecule has 0 radical (unpaired) electrons. The smallest absolute Gasteiger partial charge is 0.240 e. The number of furan rings is 1. The molecule has 0 aliphatic carbocycles. The monoisotopic (exact) mass is 389 g/mol. The number of sulfonamides is 1. The van der Waals surface area contributed by atoms with E-state index in [0.717, 1.165) is 5.39 Å². The second-order valence-electron chi connectivity index (χ2n) is 6.55. The van der Waals surface area contributed by atoms with E-state index in [4.69, 9.17) is 13.9 Å². The number of aliphatic hydroxyl groups is 1. The first kappa shape index (κ1) is 17.8. The van der Waals surface area contributed by atoms with Crippen molar-refractivity contribution in [2.45, 2.75) is 17.4 Å². The summed E-state index contributed by atoms with van der Waals surface area (Å²) >= 11 is 0. The van der Waals surface area contributed by atoms with Crippen LogP contribution < -0.4 is 14.2 Å². The van der Waals surface area contributed by atoms with Crippen LogP contribution in [0.5, 0.6) is 11.5 Å². The van der Waals surface area contributed by atoms with E-state index < -0.39 is 15.6 Å². The second kappa shape index (κ2) is 6.56. The van der Waals surface area contributed by atoms with E-state index in [2.05, 4.69) is 4.72 Å². The zero-order chi connectivity index (χ0) is 19.1. The van der Waals surface area contributed by atoms with Crippen LogP contribution in [-0.2, 0) is 15.6 Å². The van der Waals surface area contributed by atoms with Crippen molar-refractivity contribution in [1.29, 1.82) is 0 Å². The van der Waals surface area contributed by atoms with E-state index in [1.165, 1.54) is 19.1 Å². The van der Waals surface area contributed by atoms with Gasteiger partial charge in [0.15, 0.2) is 11.5 Å². The summed E-state index contributed by atoms with van der Waals surface area (Å²) in [6, 6.07) is 13.4. The van der Waals surface area contributed by atoms with E-state index in [-0.39, 0.29) is 17.2 Å². The molecule has 4 rings (SSSR count). The summed E-state index contributed by atoms with van der Waals surface area (Å²) in [6.07, 6.45) is 0. The molecule has 27 heavy (non-hydrogen) atoms. The molecule has 0 amide bonds. The fraction of sp³-hybridized carbons (Fsp3) is 0.263. The highest BCUT2D eigenvalue weighted by molar-refractivity contribution is 7.89. The SMILES string of the molecule is C[C@](O)(CNS(=O)(=O)c1ccc2c(c1)OCCO2)c1cc2ccccc2o1. The number of hydrogen-bond donors (Lipinski definition) is 2. The lowest BCUT2D eigenvalue weighted by atomic mass is 10.0. The molecule has 2 aromatic carbocycles. The summed E-state index contributed by atoms with van der Waals surface area (Å²) in [4.78, 5) is 0.0344. The maximum absolute atomic E-state index is 12.6. The average Bonchev–Trinajstić information content (AvgIpc) is 3.11. The molecule has 1 aromatic heterocycles. The molecule has 1 aliphatic rings. The standard InChI is InChI=1S/C19H19NO6S/c1-19(21,18-10-13-4-2-3-5-15(13)26-18)12-20-27(22,23)14-6-7-16-17(11-14)25-9-8-24-16/h2-7,10-11,20-21H,8-9,12H2,1H3/t19-/m0/s1. The minimum atomic E-state index is -3.85. The summed E-state index contributed by atoms with van der Waals surface area (Å²) in [5.41, 5.74) is -0.887. The molecule has 0 fully saturated rings. The Kier molecular flexibility index (Phi) is 4.33. The molecule has 3 aromatic rings. The number of fused-ring (bicyclic) bond motifs is 2. The summed E-state index contributed by atoms with van der Waals surface area (Å²) < 4.78 is 44.2. The third-order valence-corrected chi connectivity index (χ3v) is 5.79. The van der Waals surface area contributed by atoms with E-state index in [1.807, 2.05) is 18.2 Å². The molecule has 8 heteroatoms. The van der Waals surface area contributed by atoms with Crippen LogP contribution in [0, 0.1) is 0 Å². The van der Waals surface area contributed by atoms with Crippen molar-refractivity contribution < 1.29 is 27.4 Å². The van der Waals surface area contributed by atoms with Gasteiger partial charge in [-0.3, -0.25) is 0 Å². The van der Waals surface area contributed by atoms with Crippen molar-refractivity contribution in [3.05, 3.63) is 54.3 Å². The van der Waals surface area contributed by atoms with Crippen LogP contribution in [0.15, 0.2) is 57.8 Å². The van der Waals surface area contributed by atoms with Crippen molar-refractivity contribution in [2.24, 2.45) is 0 Å². The van der Waals surface area contributed by atoms with Crippen LogP contribution in [0.1, 0.15) is 12.7 Å². The first-order chi connectivity index (χ1) is 12.9. The molecule has 142 valence electrons. The lowest BCUT2D eigenvalue weighted by Crippen LogP contribution is -2.38. The van der Waals surface area contributed by atoms with E-state index in [1.54, 1.807) is 18.2 Å². The zero-order valence-electron chi connectivity index (χ0n) is 14.6. The molecule has 2 heterocycles. The minimum absolute atomic E-state index is 0.0344. The Morgan fingerprint density at radius 3 is 2.59 bits per heavy atom. The maximum atomic E-state index is 12.6. The maximum Gasteiger partial charge on any atom is 0.240 e. The molecular weight excluding hydrogens is 370 g/mol. The summed E-state index contributed by atoms with van der Waals surface area (Å²) in [5, 5.41) is 11.6. The molecule has 2 N–H and O–H groups in total. The summed E-state index contributed by atoms with van der Waals surface area (Å²) in [5.74, 6) is 1.18. The number of ether oxygens (including phenoxy) is 2. The average molecular weight is 389 g/mol. The molecule has 0 spiro atoms. The van der Waals surface area contributed by atoms with Gasteiger partial charge in [-0.15, -0.1) is 0 Å². The number of rotatable bonds is 5. The Labute approximate surface area is 156 Å². The van der Waals surface area contributed by atoms with Crippen molar-refractivity contribution >= 4 is 21.0 Å². The molecular formula is C19H19NO6S. The minimum Gasteiger partial charge on any atom is -0.486 e. The van der Waals surface area contributed by atoms with E-state index in [0.29, 0.717) is 30.3 Å². The highest BCUT2D eigenvalue weighted by Crippen LogP contribution is 2.32. The lowest BCUT2D eigenvalue weighted by molar-refractivity contribution is 0.0412. The van der Waals surface area contributed by atoms with Crippen LogP contribution in [0.2, 0.25) is 0 Å². The van der Waals surface area contributed by atoms with Gasteiger partial charge in [-0.2, -0.15) is 0 Å². The van der Waals surface area contributed by atoms with Crippen molar-refractivity contribution in [3.63, 3.8) is 0 Å². The van der Waals surface area contributed by atoms with Gasteiger partial charge in [0.1, 0.15) is 30.2 Å². The zero-order valence-corrected chi connectivity index (χ0v) is 15.5. The summed E-state index contributed by atoms with van der Waals surface area (Å²) in [6.45, 7) is 2.04. The third-order valence-electron chi connectivity index (χ3n) is 4.39. The first-order valence-corrected chi connectivity index (χ1v) is 9.94. The first-order valence-electron chi connectivity index (χ1n) is 8.46. The van der Waals surface area contributed by atoms with Crippen LogP contribution in [0.3, 0.4) is 0 Å². The van der Waals surface area contributed by atoms with Gasteiger partial charge in [-0.25, -0.2) is 13.1 Å². The summed E-state index contributed by atoms with van der Waals surface area (Å²) in [7, 11) is -3.85. The van der Waals surface area contributed by atoms with Crippen molar-refractivity contribution in [1.82, 2.24) is 4.72 Å². The lowest BCUT2D eigenvalue weighted by Gasteiger charge is -2.22. The van der Waals surface area contributed by atoms with Crippen LogP contribution in [0.4, 0.5) is 0 Å². The predicted molar refractivity (Wildman–Crippen MR) is 98.4 cm³/mol. The number of hydrogen-bond acceptors (Lipinski definition) is 6. The predicted octanol–water partition coefficient (Wildman–Crippen LogP) is 2.39. The third kappa shape index (κ3) is 3.51. The van der Waals surface area contributed by atoms with Gasteiger partial charge in [0.25, 0.3) is 0 Å². The number of benzene rings is 2. The Balaban J connectivity index is 1.54. The van der Waals surface area contributed by atoms with E-state index >= 15 is 0 Å². The van der Waals surface area contributed by atoms with Crippen molar-refractivity contribution in [2.75, 3.05) is 19.8 Å². The Morgan fingerprint density at radius 1 is 1.07 bits per heavy atom. The Hall–Kier alpha value is -2.55. The van der Waals surface area contributed by atoms with Gasteiger partial charge in [0, 0.05) is 18.0 Å². The highest BCUT2D eigenvalue weighted by atomic mass is 32.2. The van der Waals surface area contributed by atoms with Gasteiger partial charge in [-0.1, -0.05) is 18.2 Å². The molecule has 0 bridgehead atoms. The van der Waals surface area contributed by atoms with Crippen LogP contribution in [0.25, 0.3) is 11.0 Å². The van der Waals surface area contributed by atoms with Crippen LogP contribution in [-0.4, -0.2) is 33.3 Å². The van der Waals surface area contributed by atoms with Gasteiger partial charge in [-0.05, 0) is 31.2 Å². The van der Waals surface area contributed by atoms with Gasteiger partial charge < -0.3 is 19.0 Å². The molecule has 1 atom stereocenters. The fourth-order valence-corrected chi connectivity index (χ4v) is 3.99. The quantitative estimate of drug-likeness (QED) is 0.695. The molecule has 0 saturated heterocycles. The van der Waals surface area contributed by atoms with E-state index in [9.17, 15) is 13.5 Å². The second-order valence-corrected chi connectivity index (χ2v) is 8.32. The normalized spacial score (nSPS) is 16.2. The van der Waals surface area contributed by atoms with Crippen molar-refractivity contribution in [3.8, 4) is 11.5 Å². The largest absolute Gasteiger partial charge is 0.486 e. The molecule has 0 unspecified atom stereocenters. The highest BCUT2D eigenvalue weighted by Gasteiger charge is 2.30. The number of para-hydroxylation sites is 1.